The number of rotatable bonds is 7. The van der Waals surface area contributed by atoms with Crippen molar-refractivity contribution in [2.75, 3.05) is 5.73 Å². The van der Waals surface area contributed by atoms with Crippen LogP contribution < -0.4 is 5.73 Å². The van der Waals surface area contributed by atoms with E-state index in [1.807, 2.05) is 53.1 Å². The van der Waals surface area contributed by atoms with Gasteiger partial charge in [-0.3, -0.25) is 4.79 Å². The number of aromatic nitrogens is 4. The molecule has 5 rings (SSSR count). The van der Waals surface area contributed by atoms with Gasteiger partial charge in [-0.25, -0.2) is 15.0 Å². The SMILES string of the molecule is CC(=O)c1ccc(CCn2cnc(N)c3nc(SC4=COC(c5ccccc5Br)O4)nc2-3)cc1. The van der Waals surface area contributed by atoms with Crippen LogP contribution in [0.15, 0.2) is 75.8 Å². The summed E-state index contributed by atoms with van der Waals surface area (Å²) in [5.41, 5.74) is 9.31. The highest BCUT2D eigenvalue weighted by Gasteiger charge is 2.26. The van der Waals surface area contributed by atoms with Crippen molar-refractivity contribution in [2.45, 2.75) is 31.3 Å². The molecule has 2 N–H and O–H groups in total. The lowest BCUT2D eigenvalue weighted by atomic mass is 10.1. The highest BCUT2D eigenvalue weighted by molar-refractivity contribution is 9.10. The highest BCUT2D eigenvalue weighted by atomic mass is 79.9. The van der Waals surface area contributed by atoms with Crippen molar-refractivity contribution in [1.29, 1.82) is 0 Å². The van der Waals surface area contributed by atoms with Crippen molar-refractivity contribution in [3.8, 4) is 11.5 Å². The number of halogens is 1. The number of ether oxygens (including phenoxy) is 2. The van der Waals surface area contributed by atoms with E-state index in [2.05, 4.69) is 30.9 Å². The Kier molecular flexibility index (Phi) is 6.25. The van der Waals surface area contributed by atoms with Gasteiger partial charge in [0, 0.05) is 22.1 Å². The number of Topliss-reactive ketones (excluding diaryl/α,β-unsaturated/α-hetero) is 1. The normalized spacial score (nSPS) is 15.1. The van der Waals surface area contributed by atoms with Gasteiger partial charge in [-0.15, -0.1) is 0 Å². The van der Waals surface area contributed by atoms with Gasteiger partial charge in [0.05, 0.1) is 6.33 Å². The minimum Gasteiger partial charge on any atom is -0.454 e. The van der Waals surface area contributed by atoms with E-state index in [4.69, 9.17) is 15.2 Å². The molecule has 0 spiro atoms. The quantitative estimate of drug-likeness (QED) is 0.320. The number of nitrogens with zero attached hydrogens (tertiary/aromatic N) is 4. The Morgan fingerprint density at radius 1 is 1.18 bits per heavy atom. The van der Waals surface area contributed by atoms with E-state index in [0.717, 1.165) is 22.0 Å². The number of fused-ring (bicyclic) bond motifs is 1. The summed E-state index contributed by atoms with van der Waals surface area (Å²) in [5.74, 6) is 1.02. The van der Waals surface area contributed by atoms with E-state index < -0.39 is 6.29 Å². The zero-order chi connectivity index (χ0) is 23.7. The maximum Gasteiger partial charge on any atom is 0.268 e. The summed E-state index contributed by atoms with van der Waals surface area (Å²) < 4.78 is 14.4. The van der Waals surface area contributed by atoms with Crippen molar-refractivity contribution in [3.63, 3.8) is 0 Å². The third-order valence-corrected chi connectivity index (χ3v) is 6.82. The van der Waals surface area contributed by atoms with Crippen molar-refractivity contribution in [2.24, 2.45) is 0 Å². The van der Waals surface area contributed by atoms with Gasteiger partial charge in [-0.05, 0) is 36.7 Å². The first-order valence-electron chi connectivity index (χ1n) is 10.5. The molecule has 3 heterocycles. The number of benzene rings is 2. The molecule has 0 radical (unpaired) electrons. The van der Waals surface area contributed by atoms with Gasteiger partial charge in [0.15, 0.2) is 28.3 Å². The van der Waals surface area contributed by atoms with E-state index in [-0.39, 0.29) is 5.78 Å². The number of hydrogen-bond donors (Lipinski definition) is 1. The second-order valence-corrected chi connectivity index (χ2v) is 9.48. The number of thioether (sulfide) groups is 1. The number of anilines is 1. The van der Waals surface area contributed by atoms with Gasteiger partial charge in [-0.1, -0.05) is 58.4 Å². The van der Waals surface area contributed by atoms with Crippen LogP contribution in [-0.2, 0) is 22.4 Å². The van der Waals surface area contributed by atoms with Gasteiger partial charge < -0.3 is 19.8 Å². The Hall–Kier alpha value is -3.37. The Labute approximate surface area is 208 Å². The molecule has 3 aliphatic rings. The third kappa shape index (κ3) is 4.64. The standard InChI is InChI=1S/C24H20BrN5O3S/c1-14(31)16-8-6-15(7-9-16)10-11-30-13-27-21(26)20-22(30)29-24(28-20)34-19-12-32-23(33-19)17-4-2-3-5-18(17)25/h2-9,12-13,23H,10-11,26H2,1H3. The molecule has 8 nitrogen and oxygen atoms in total. The smallest absolute Gasteiger partial charge is 0.268 e. The van der Waals surface area contributed by atoms with E-state index in [1.165, 1.54) is 11.8 Å². The zero-order valence-corrected chi connectivity index (χ0v) is 20.5. The first-order chi connectivity index (χ1) is 16.5. The minimum absolute atomic E-state index is 0.0527. The van der Waals surface area contributed by atoms with Crippen molar-refractivity contribution in [1.82, 2.24) is 19.5 Å². The minimum atomic E-state index is -0.534. The van der Waals surface area contributed by atoms with Crippen LogP contribution in [0.25, 0.3) is 11.5 Å². The molecule has 0 bridgehead atoms. The van der Waals surface area contributed by atoms with Crippen LogP contribution in [0, 0.1) is 0 Å². The Morgan fingerprint density at radius 3 is 2.74 bits per heavy atom. The fourth-order valence-corrected chi connectivity index (χ4v) is 4.68. The molecule has 2 aromatic carbocycles. The lowest BCUT2D eigenvalue weighted by Crippen LogP contribution is -2.10. The summed E-state index contributed by atoms with van der Waals surface area (Å²) >= 11 is 4.79. The molecule has 1 atom stereocenters. The van der Waals surface area contributed by atoms with E-state index in [1.54, 1.807) is 19.5 Å². The predicted molar refractivity (Wildman–Crippen MR) is 132 cm³/mol. The van der Waals surface area contributed by atoms with Crippen LogP contribution in [-0.4, -0.2) is 25.3 Å². The van der Waals surface area contributed by atoms with E-state index >= 15 is 0 Å². The van der Waals surface area contributed by atoms with Crippen LogP contribution in [0.1, 0.15) is 34.7 Å². The second kappa shape index (κ2) is 9.47. The summed E-state index contributed by atoms with van der Waals surface area (Å²) in [6.45, 7) is 2.20. The third-order valence-electron chi connectivity index (χ3n) is 5.34. The average Bonchev–Trinajstić information content (AvgIpc) is 3.47. The van der Waals surface area contributed by atoms with Crippen LogP contribution in [0.4, 0.5) is 5.82 Å². The Morgan fingerprint density at radius 2 is 1.97 bits per heavy atom. The fraction of sp³-hybridized carbons (Fsp3) is 0.167. The van der Waals surface area contributed by atoms with Gasteiger partial charge in [0.1, 0.15) is 6.26 Å². The predicted octanol–water partition coefficient (Wildman–Crippen LogP) is 5.20. The lowest BCUT2D eigenvalue weighted by Gasteiger charge is -2.12. The molecule has 34 heavy (non-hydrogen) atoms. The van der Waals surface area contributed by atoms with Crippen molar-refractivity contribution < 1.29 is 14.3 Å². The highest BCUT2D eigenvalue weighted by Crippen LogP contribution is 2.40. The molecule has 0 amide bonds. The monoisotopic (exact) mass is 537 g/mol. The van der Waals surface area contributed by atoms with Crippen LogP contribution in [0.3, 0.4) is 0 Å². The number of ketones is 1. The van der Waals surface area contributed by atoms with Gasteiger partial charge in [-0.2, -0.15) is 0 Å². The maximum absolute atomic E-state index is 11.5. The molecule has 1 unspecified atom stereocenters. The topological polar surface area (TPSA) is 105 Å². The van der Waals surface area contributed by atoms with Crippen LogP contribution >= 0.6 is 27.7 Å². The number of carbonyl (C=O) groups is 1. The van der Waals surface area contributed by atoms with E-state index in [9.17, 15) is 4.79 Å². The van der Waals surface area contributed by atoms with Gasteiger partial charge >= 0.3 is 0 Å². The number of carbonyl (C=O) groups excluding carboxylic acids is 1. The number of nitrogens with two attached hydrogens (primary N) is 1. The molecule has 3 aliphatic heterocycles. The molecular formula is C24H20BrN5O3S. The molecule has 172 valence electrons. The summed E-state index contributed by atoms with van der Waals surface area (Å²) in [6, 6.07) is 15.3. The lowest BCUT2D eigenvalue weighted by molar-refractivity contribution is -0.0278. The van der Waals surface area contributed by atoms with Crippen molar-refractivity contribution >= 4 is 39.3 Å². The van der Waals surface area contributed by atoms with Crippen LogP contribution in [0.2, 0.25) is 0 Å². The largest absolute Gasteiger partial charge is 0.454 e. The number of imidazole rings is 1. The first-order valence-corrected chi connectivity index (χ1v) is 12.1. The Bertz CT molecular complexity index is 1360. The molecule has 0 aliphatic carbocycles. The van der Waals surface area contributed by atoms with Gasteiger partial charge in [0.2, 0.25) is 5.09 Å². The summed E-state index contributed by atoms with van der Waals surface area (Å²) in [7, 11) is 0. The fourth-order valence-electron chi connectivity index (χ4n) is 3.52. The summed E-state index contributed by atoms with van der Waals surface area (Å²) in [5, 5.41) is 1.05. The van der Waals surface area contributed by atoms with E-state index in [0.29, 0.717) is 39.7 Å². The number of nitrogen functional groups attached to an aromatic ring is 1. The summed E-state index contributed by atoms with van der Waals surface area (Å²) in [4.78, 5) is 25.0. The zero-order valence-electron chi connectivity index (χ0n) is 18.1. The molecule has 2 aromatic rings. The van der Waals surface area contributed by atoms with Gasteiger partial charge in [0.25, 0.3) is 6.29 Å². The molecule has 0 saturated heterocycles. The summed E-state index contributed by atoms with van der Waals surface area (Å²) in [6.07, 6.45) is 3.45. The maximum atomic E-state index is 11.5. The Balaban J connectivity index is 1.30. The molecule has 0 saturated carbocycles. The van der Waals surface area contributed by atoms with Crippen LogP contribution in [0.5, 0.6) is 0 Å². The van der Waals surface area contributed by atoms with Crippen molar-refractivity contribution in [3.05, 3.63) is 87.4 Å². The molecular weight excluding hydrogens is 518 g/mol. The molecule has 0 aromatic heterocycles. The second-order valence-electron chi connectivity index (χ2n) is 7.65. The molecule has 10 heteroatoms. The average molecular weight is 538 g/mol. The molecule has 0 fully saturated rings. The number of aryl methyl sites for hydroxylation is 2. The number of hydrogen-bond acceptors (Lipinski definition) is 8. The first kappa shape index (κ1) is 22.4.